The fourth-order valence-electron chi connectivity index (χ4n) is 10.8. The largest absolute Gasteiger partial charge is 0.462 e. The molecule has 0 spiro atoms. The van der Waals surface area contributed by atoms with Gasteiger partial charge in [-0.3, -0.25) is 14.4 Å². The average molecular weight is 1160 g/mol. The molecule has 0 aromatic rings. The third-order valence-electron chi connectivity index (χ3n) is 16.2. The van der Waals surface area contributed by atoms with Gasteiger partial charge in [-0.05, 0) is 89.9 Å². The average Bonchev–Trinajstić information content (AvgIpc) is 3.49. The molecule has 0 aromatic carbocycles. The number of carbonyl (C=O) groups is 3. The number of hydrogen-bond acceptors (Lipinski definition) is 6. The molecule has 0 amide bonds. The van der Waals surface area contributed by atoms with Gasteiger partial charge in [0.15, 0.2) is 6.10 Å². The monoisotopic (exact) mass is 1160 g/mol. The first-order chi connectivity index (χ1) is 41.0. The molecule has 0 heterocycles. The lowest BCUT2D eigenvalue weighted by molar-refractivity contribution is -0.167. The maximum absolute atomic E-state index is 13.0. The van der Waals surface area contributed by atoms with E-state index in [0.717, 1.165) is 103 Å². The third-order valence-corrected chi connectivity index (χ3v) is 16.2. The van der Waals surface area contributed by atoms with Crippen LogP contribution in [0.3, 0.4) is 0 Å². The molecule has 0 aromatic heterocycles. The van der Waals surface area contributed by atoms with Crippen LogP contribution in [-0.2, 0) is 28.6 Å². The van der Waals surface area contributed by atoms with Crippen LogP contribution in [0, 0.1) is 0 Å². The quantitative estimate of drug-likeness (QED) is 0.0261. The first-order valence-electron chi connectivity index (χ1n) is 36.4. The zero-order valence-electron chi connectivity index (χ0n) is 55.5. The van der Waals surface area contributed by atoms with Crippen molar-refractivity contribution in [1.29, 1.82) is 0 Å². The molecule has 0 aliphatic carbocycles. The zero-order valence-corrected chi connectivity index (χ0v) is 55.5. The number of unbranched alkanes of at least 4 members (excludes halogenated alkanes) is 44. The number of carbonyl (C=O) groups excluding carboxylic acids is 3. The van der Waals surface area contributed by atoms with Crippen molar-refractivity contribution >= 4 is 17.9 Å². The lowest BCUT2D eigenvalue weighted by atomic mass is 10.0. The first-order valence-corrected chi connectivity index (χ1v) is 36.4. The van der Waals surface area contributed by atoms with Gasteiger partial charge in [-0.25, -0.2) is 0 Å². The molecule has 0 N–H and O–H groups in total. The molecule has 1 atom stereocenters. The molecule has 1 unspecified atom stereocenters. The molecule has 482 valence electrons. The fraction of sp³-hybridized carbons (Fsp3) is 0.805. The minimum atomic E-state index is -0.787. The summed E-state index contributed by atoms with van der Waals surface area (Å²) in [5, 5.41) is 0. The van der Waals surface area contributed by atoms with Crippen molar-refractivity contribution in [3.63, 3.8) is 0 Å². The van der Waals surface area contributed by atoms with Gasteiger partial charge in [-0.1, -0.05) is 344 Å². The molecular formula is C77H138O6. The van der Waals surface area contributed by atoms with Gasteiger partial charge in [-0.15, -0.1) is 0 Å². The summed E-state index contributed by atoms with van der Waals surface area (Å²) in [6, 6.07) is 0. The number of ether oxygens (including phenoxy) is 3. The SMILES string of the molecule is CC/C=C\C/C=C\C/C=C\C/C=C\CCCCCCC(=O)OCC(COC(=O)CCCCCCCCCCCCCCC/C=C\C/C=C\CCCCCCC)OC(=O)CCCCCCCCCCCCCCCCCCCCCCCCC. The lowest BCUT2D eigenvalue weighted by Crippen LogP contribution is -2.30. The van der Waals surface area contributed by atoms with E-state index in [1.54, 1.807) is 0 Å². The molecule has 0 rings (SSSR count). The second-order valence-corrected chi connectivity index (χ2v) is 24.5. The van der Waals surface area contributed by atoms with Crippen molar-refractivity contribution in [2.24, 2.45) is 0 Å². The van der Waals surface area contributed by atoms with Gasteiger partial charge in [-0.2, -0.15) is 0 Å². The molecule has 0 aliphatic rings. The molecule has 0 saturated carbocycles. The van der Waals surface area contributed by atoms with Gasteiger partial charge in [0.2, 0.25) is 0 Å². The van der Waals surface area contributed by atoms with Crippen LogP contribution in [0.2, 0.25) is 0 Å². The van der Waals surface area contributed by atoms with E-state index >= 15 is 0 Å². The Morgan fingerprint density at radius 3 is 0.735 bits per heavy atom. The highest BCUT2D eigenvalue weighted by atomic mass is 16.6. The van der Waals surface area contributed by atoms with Gasteiger partial charge in [0.25, 0.3) is 0 Å². The number of hydrogen-bond donors (Lipinski definition) is 0. The topological polar surface area (TPSA) is 78.9 Å². The van der Waals surface area contributed by atoms with Crippen LogP contribution in [0.15, 0.2) is 72.9 Å². The molecule has 6 heteroatoms. The molecule has 0 saturated heterocycles. The van der Waals surface area contributed by atoms with Crippen LogP contribution in [0.1, 0.15) is 380 Å². The smallest absolute Gasteiger partial charge is 0.306 e. The second-order valence-electron chi connectivity index (χ2n) is 24.5. The van der Waals surface area contributed by atoms with Crippen molar-refractivity contribution in [3.05, 3.63) is 72.9 Å². The molecule has 6 nitrogen and oxygen atoms in total. The summed E-state index contributed by atoms with van der Waals surface area (Å²) in [6.07, 6.45) is 93.6. The summed E-state index contributed by atoms with van der Waals surface area (Å²) in [5.41, 5.74) is 0. The van der Waals surface area contributed by atoms with Crippen molar-refractivity contribution < 1.29 is 28.6 Å². The second kappa shape index (κ2) is 71.3. The summed E-state index contributed by atoms with van der Waals surface area (Å²) in [5.74, 6) is -0.881. The van der Waals surface area contributed by atoms with E-state index in [9.17, 15) is 14.4 Å². The van der Waals surface area contributed by atoms with E-state index in [4.69, 9.17) is 14.2 Å². The summed E-state index contributed by atoms with van der Waals surface area (Å²) in [6.45, 7) is 6.56. The van der Waals surface area contributed by atoms with E-state index in [-0.39, 0.29) is 31.1 Å². The summed E-state index contributed by atoms with van der Waals surface area (Å²) < 4.78 is 17.0. The van der Waals surface area contributed by atoms with Gasteiger partial charge in [0, 0.05) is 19.3 Å². The number of esters is 3. The summed E-state index contributed by atoms with van der Waals surface area (Å²) in [7, 11) is 0. The predicted molar refractivity (Wildman–Crippen MR) is 362 cm³/mol. The maximum Gasteiger partial charge on any atom is 0.306 e. The number of rotatable bonds is 67. The molecular weight excluding hydrogens is 1020 g/mol. The predicted octanol–water partition coefficient (Wildman–Crippen LogP) is 25.2. The third kappa shape index (κ3) is 69.5. The van der Waals surface area contributed by atoms with Gasteiger partial charge < -0.3 is 14.2 Å². The Labute approximate surface area is 516 Å². The van der Waals surface area contributed by atoms with E-state index in [1.165, 1.54) is 238 Å². The van der Waals surface area contributed by atoms with Crippen molar-refractivity contribution in [2.75, 3.05) is 13.2 Å². The van der Waals surface area contributed by atoms with E-state index in [1.807, 2.05) is 0 Å². The lowest BCUT2D eigenvalue weighted by Gasteiger charge is -2.18. The Hall–Kier alpha value is -3.15. The van der Waals surface area contributed by atoms with Gasteiger partial charge in [0.05, 0.1) is 0 Å². The molecule has 0 aliphatic heterocycles. The summed E-state index contributed by atoms with van der Waals surface area (Å²) in [4.78, 5) is 38.5. The van der Waals surface area contributed by atoms with E-state index in [2.05, 4.69) is 93.7 Å². The van der Waals surface area contributed by atoms with Crippen molar-refractivity contribution in [1.82, 2.24) is 0 Å². The molecule has 0 bridgehead atoms. The van der Waals surface area contributed by atoms with Crippen LogP contribution in [0.5, 0.6) is 0 Å². The summed E-state index contributed by atoms with van der Waals surface area (Å²) >= 11 is 0. The Balaban J connectivity index is 4.32. The Kier molecular flexibility index (Phi) is 68.6. The molecule has 0 fully saturated rings. The molecule has 83 heavy (non-hydrogen) atoms. The van der Waals surface area contributed by atoms with Crippen molar-refractivity contribution in [2.45, 2.75) is 386 Å². The van der Waals surface area contributed by atoms with Crippen LogP contribution < -0.4 is 0 Å². The highest BCUT2D eigenvalue weighted by Crippen LogP contribution is 2.18. The fourth-order valence-corrected chi connectivity index (χ4v) is 10.8. The normalized spacial score (nSPS) is 12.5. The first kappa shape index (κ1) is 79.8. The van der Waals surface area contributed by atoms with E-state index in [0.29, 0.717) is 19.3 Å². The van der Waals surface area contributed by atoms with Crippen LogP contribution in [-0.4, -0.2) is 37.2 Å². The zero-order chi connectivity index (χ0) is 59.9. The Morgan fingerprint density at radius 1 is 0.253 bits per heavy atom. The standard InChI is InChI=1S/C77H138O6/c1-4-7-10-13-16-19-22-25-28-31-33-35-37-38-40-41-43-46-49-52-55-58-61-64-67-70-76(79)82-73-74(72-81-75(78)69-66-63-60-57-54-51-48-45-30-27-24-21-18-15-12-9-6-3)83-77(80)71-68-65-62-59-56-53-50-47-44-42-39-36-34-32-29-26-23-20-17-14-11-8-5-2/h9,12,18,21-22,25,27,30-31,33,48,51,74H,4-8,10-11,13-17,19-20,23-24,26,28-29,32,34-47,49-50,52-73H2,1-3H3/b12-9-,21-18-,25-22-,30-27-,33-31-,51-48-. The van der Waals surface area contributed by atoms with E-state index < -0.39 is 6.10 Å². The van der Waals surface area contributed by atoms with Crippen LogP contribution in [0.25, 0.3) is 0 Å². The Morgan fingerprint density at radius 2 is 0.470 bits per heavy atom. The Bertz CT molecular complexity index is 1520. The highest BCUT2D eigenvalue weighted by molar-refractivity contribution is 5.71. The molecule has 0 radical (unpaired) electrons. The van der Waals surface area contributed by atoms with Crippen molar-refractivity contribution in [3.8, 4) is 0 Å². The number of allylic oxidation sites excluding steroid dienone is 12. The highest BCUT2D eigenvalue weighted by Gasteiger charge is 2.19. The maximum atomic E-state index is 13.0. The van der Waals surface area contributed by atoms with Crippen LogP contribution in [0.4, 0.5) is 0 Å². The minimum Gasteiger partial charge on any atom is -0.462 e. The van der Waals surface area contributed by atoms with Gasteiger partial charge >= 0.3 is 17.9 Å². The van der Waals surface area contributed by atoms with Gasteiger partial charge in [0.1, 0.15) is 13.2 Å². The minimum absolute atomic E-state index is 0.0800. The van der Waals surface area contributed by atoms with Crippen LogP contribution >= 0.6 is 0 Å².